The normalized spacial score (nSPS) is 12.0. The molecule has 6 heteroatoms. The minimum Gasteiger partial charge on any atom is -0.236 e. The van der Waals surface area contributed by atoms with Gasteiger partial charge in [-0.25, -0.2) is 12.4 Å². The van der Waals surface area contributed by atoms with Gasteiger partial charge in [-0.05, 0) is 18.2 Å². The van der Waals surface area contributed by atoms with Gasteiger partial charge in [-0.2, -0.15) is 0 Å². The second kappa shape index (κ2) is 5.05. The summed E-state index contributed by atoms with van der Waals surface area (Å²) in [5.41, 5.74) is 1.71. The van der Waals surface area contributed by atoms with Crippen LogP contribution in [0, 0.1) is 0 Å². The number of nitrogens with zero attached hydrogens (tertiary/aromatic N) is 1. The summed E-state index contributed by atoms with van der Waals surface area (Å²) in [4.78, 5) is 0. The van der Waals surface area contributed by atoms with Crippen molar-refractivity contribution in [3.63, 3.8) is 0 Å². The van der Waals surface area contributed by atoms with Gasteiger partial charge >= 0.3 is 0 Å². The average molecular weight is 340 g/mol. The minimum absolute atomic E-state index is 0.379. The molecule has 1 aromatic heterocycles. The number of rotatable bonds is 2. The largest absolute Gasteiger partial charge is 0.236 e. The van der Waals surface area contributed by atoms with E-state index in [2.05, 4.69) is 0 Å². The first-order chi connectivity index (χ1) is 9.89. The number of fused-ring (bicyclic) bond motifs is 1. The highest BCUT2D eigenvalue weighted by Crippen LogP contribution is 2.39. The molecule has 3 nitrogen and oxygen atoms in total. The molecular weight excluding hydrogens is 329 g/mol. The first-order valence-corrected chi connectivity index (χ1v) is 8.75. The quantitative estimate of drug-likeness (QED) is 0.693. The molecule has 0 spiro atoms. The predicted octanol–water partition coefficient (Wildman–Crippen LogP) is 4.42. The number of halogens is 2. The first kappa shape index (κ1) is 14.4. The molecule has 21 heavy (non-hydrogen) atoms. The van der Waals surface area contributed by atoms with Crippen LogP contribution in [0.5, 0.6) is 0 Å². The smallest absolute Gasteiger partial charge is 0.236 e. The van der Waals surface area contributed by atoms with Crippen molar-refractivity contribution in [3.8, 4) is 11.3 Å². The molecule has 1 heterocycles. The summed E-state index contributed by atoms with van der Waals surface area (Å²) in [6.45, 7) is 0. The Labute approximate surface area is 132 Å². The van der Waals surface area contributed by atoms with E-state index in [0.29, 0.717) is 26.6 Å². The lowest BCUT2D eigenvalue weighted by Gasteiger charge is -2.08. The molecule has 0 radical (unpaired) electrons. The van der Waals surface area contributed by atoms with Crippen LogP contribution < -0.4 is 0 Å². The summed E-state index contributed by atoms with van der Waals surface area (Å²) in [6, 6.07) is 14.2. The Morgan fingerprint density at radius 2 is 1.67 bits per heavy atom. The van der Waals surface area contributed by atoms with Crippen LogP contribution in [0.2, 0.25) is 10.0 Å². The van der Waals surface area contributed by atoms with Crippen molar-refractivity contribution >= 4 is 44.1 Å². The average Bonchev–Trinajstić information content (AvgIpc) is 2.73. The Bertz CT molecular complexity index is 931. The van der Waals surface area contributed by atoms with E-state index in [0.717, 1.165) is 11.8 Å². The number of aromatic nitrogens is 1. The fourth-order valence-corrected chi connectivity index (χ4v) is 3.99. The van der Waals surface area contributed by atoms with Crippen molar-refractivity contribution in [1.29, 1.82) is 0 Å². The monoisotopic (exact) mass is 339 g/mol. The van der Waals surface area contributed by atoms with Crippen molar-refractivity contribution < 1.29 is 8.42 Å². The highest BCUT2D eigenvalue weighted by Gasteiger charge is 2.22. The lowest BCUT2D eigenvalue weighted by molar-refractivity contribution is 0.595. The molecule has 2 aromatic carbocycles. The highest BCUT2D eigenvalue weighted by atomic mass is 35.5. The van der Waals surface area contributed by atoms with E-state index in [1.165, 1.54) is 3.97 Å². The third-order valence-corrected chi connectivity index (χ3v) is 4.86. The summed E-state index contributed by atoms with van der Waals surface area (Å²) in [6.07, 6.45) is 1.16. The molecule has 0 N–H and O–H groups in total. The molecule has 0 saturated heterocycles. The molecule has 0 aliphatic carbocycles. The SMILES string of the molecule is CS(=O)(=O)n1c(-c2ccccc2)c(Cl)c2cc(Cl)ccc21. The van der Waals surface area contributed by atoms with Crippen LogP contribution in [0.15, 0.2) is 48.5 Å². The van der Waals surface area contributed by atoms with Gasteiger partial charge in [0, 0.05) is 16.0 Å². The molecule has 0 amide bonds. The standard InChI is InChI=1S/C15H11Cl2NO2S/c1-21(19,20)18-13-8-7-11(16)9-12(13)14(17)15(18)10-5-3-2-4-6-10/h2-9H,1H3. The van der Waals surface area contributed by atoms with E-state index in [1.807, 2.05) is 30.3 Å². The van der Waals surface area contributed by atoms with Gasteiger partial charge in [-0.1, -0.05) is 53.5 Å². The van der Waals surface area contributed by atoms with Crippen LogP contribution in [0.3, 0.4) is 0 Å². The van der Waals surface area contributed by atoms with Gasteiger partial charge in [-0.3, -0.25) is 0 Å². The fraction of sp³-hybridized carbons (Fsp3) is 0.0667. The summed E-state index contributed by atoms with van der Waals surface area (Å²) in [5, 5.41) is 1.51. The Hall–Kier alpha value is -1.49. The van der Waals surface area contributed by atoms with Gasteiger partial charge in [0.05, 0.1) is 22.5 Å². The van der Waals surface area contributed by atoms with Crippen LogP contribution in [-0.2, 0) is 10.0 Å². The second-order valence-corrected chi connectivity index (χ2v) is 7.36. The predicted molar refractivity (Wildman–Crippen MR) is 87.6 cm³/mol. The van der Waals surface area contributed by atoms with Gasteiger partial charge in [0.15, 0.2) is 0 Å². The molecule has 0 aliphatic heterocycles. The summed E-state index contributed by atoms with van der Waals surface area (Å²) in [5.74, 6) is 0. The summed E-state index contributed by atoms with van der Waals surface area (Å²) < 4.78 is 25.7. The first-order valence-electron chi connectivity index (χ1n) is 6.15. The van der Waals surface area contributed by atoms with Crippen molar-refractivity contribution in [2.45, 2.75) is 0 Å². The van der Waals surface area contributed by atoms with E-state index in [-0.39, 0.29) is 0 Å². The van der Waals surface area contributed by atoms with Crippen molar-refractivity contribution in [2.75, 3.05) is 6.26 Å². The van der Waals surface area contributed by atoms with E-state index >= 15 is 0 Å². The molecule has 0 bridgehead atoms. The number of hydrogen-bond donors (Lipinski definition) is 0. The third kappa shape index (κ3) is 2.44. The molecule has 0 aliphatic rings. The van der Waals surface area contributed by atoms with Gasteiger partial charge in [-0.15, -0.1) is 0 Å². The van der Waals surface area contributed by atoms with Crippen molar-refractivity contribution in [2.24, 2.45) is 0 Å². The third-order valence-electron chi connectivity index (χ3n) is 3.20. The van der Waals surface area contributed by atoms with E-state index in [9.17, 15) is 8.42 Å². The summed E-state index contributed by atoms with van der Waals surface area (Å²) >= 11 is 12.4. The Balaban J connectivity index is 2.52. The lowest BCUT2D eigenvalue weighted by atomic mass is 10.1. The molecular formula is C15H11Cl2NO2S. The highest BCUT2D eigenvalue weighted by molar-refractivity contribution is 7.89. The number of benzene rings is 2. The Morgan fingerprint density at radius 3 is 2.29 bits per heavy atom. The van der Waals surface area contributed by atoms with E-state index in [4.69, 9.17) is 23.2 Å². The van der Waals surface area contributed by atoms with Crippen LogP contribution >= 0.6 is 23.2 Å². The zero-order chi connectivity index (χ0) is 15.2. The molecule has 3 aromatic rings. The lowest BCUT2D eigenvalue weighted by Crippen LogP contribution is -2.11. The zero-order valence-corrected chi connectivity index (χ0v) is 13.4. The summed E-state index contributed by atoms with van der Waals surface area (Å²) in [7, 11) is -3.51. The molecule has 0 unspecified atom stereocenters. The van der Waals surface area contributed by atoms with Crippen LogP contribution in [-0.4, -0.2) is 18.6 Å². The maximum atomic E-state index is 12.2. The van der Waals surface area contributed by atoms with E-state index in [1.54, 1.807) is 18.2 Å². The Kier molecular flexibility index (Phi) is 3.48. The molecule has 108 valence electrons. The number of hydrogen-bond acceptors (Lipinski definition) is 2. The van der Waals surface area contributed by atoms with Gasteiger partial charge in [0.25, 0.3) is 0 Å². The molecule has 0 fully saturated rings. The van der Waals surface area contributed by atoms with Crippen LogP contribution in [0.25, 0.3) is 22.2 Å². The maximum Gasteiger partial charge on any atom is 0.236 e. The second-order valence-electron chi connectivity index (χ2n) is 4.72. The molecule has 0 atom stereocenters. The van der Waals surface area contributed by atoms with Gasteiger partial charge in [0.2, 0.25) is 10.0 Å². The fourth-order valence-electron chi connectivity index (χ4n) is 2.38. The molecule has 3 rings (SSSR count). The Morgan fingerprint density at radius 1 is 1.00 bits per heavy atom. The van der Waals surface area contributed by atoms with Crippen molar-refractivity contribution in [3.05, 3.63) is 58.6 Å². The topological polar surface area (TPSA) is 39.1 Å². The maximum absolute atomic E-state index is 12.2. The van der Waals surface area contributed by atoms with Crippen LogP contribution in [0.4, 0.5) is 0 Å². The molecule has 0 saturated carbocycles. The van der Waals surface area contributed by atoms with E-state index < -0.39 is 10.0 Å². The zero-order valence-electron chi connectivity index (χ0n) is 11.0. The van der Waals surface area contributed by atoms with Crippen LogP contribution in [0.1, 0.15) is 0 Å². The van der Waals surface area contributed by atoms with Gasteiger partial charge < -0.3 is 0 Å². The van der Waals surface area contributed by atoms with Crippen molar-refractivity contribution in [1.82, 2.24) is 3.97 Å². The minimum atomic E-state index is -3.51. The van der Waals surface area contributed by atoms with Gasteiger partial charge in [0.1, 0.15) is 0 Å².